The van der Waals surface area contributed by atoms with Crippen molar-refractivity contribution in [3.05, 3.63) is 53.7 Å². The van der Waals surface area contributed by atoms with Gasteiger partial charge in [-0.3, -0.25) is 9.78 Å². The third-order valence-electron chi connectivity index (χ3n) is 4.43. The minimum Gasteiger partial charge on any atom is -0.458 e. The van der Waals surface area contributed by atoms with Crippen LogP contribution in [0.25, 0.3) is 21.7 Å². The molecule has 0 saturated heterocycles. The number of carbonyl (C=O) groups excluding carboxylic acids is 1. The van der Waals surface area contributed by atoms with Crippen molar-refractivity contribution in [1.82, 2.24) is 4.98 Å². The van der Waals surface area contributed by atoms with E-state index >= 15 is 0 Å². The van der Waals surface area contributed by atoms with Gasteiger partial charge in [0.2, 0.25) is 0 Å². The van der Waals surface area contributed by atoms with Gasteiger partial charge in [0.15, 0.2) is 0 Å². The Bertz CT molecular complexity index is 885. The fourth-order valence-corrected chi connectivity index (χ4v) is 3.52. The SMILES string of the molecule is CC(=O)OC1CCCc2cnc3c(ccc4ccccc43)c21. The van der Waals surface area contributed by atoms with E-state index in [0.29, 0.717) is 0 Å². The number of hydrogen-bond donors (Lipinski definition) is 0. The smallest absolute Gasteiger partial charge is 0.303 e. The van der Waals surface area contributed by atoms with Crippen LogP contribution in [0.3, 0.4) is 0 Å². The highest BCUT2D eigenvalue weighted by Gasteiger charge is 2.25. The lowest BCUT2D eigenvalue weighted by atomic mass is 9.87. The summed E-state index contributed by atoms with van der Waals surface area (Å²) in [6.45, 7) is 1.48. The van der Waals surface area contributed by atoms with Crippen molar-refractivity contribution in [2.45, 2.75) is 32.3 Å². The second-order valence-electron chi connectivity index (χ2n) is 5.87. The average molecular weight is 291 g/mol. The first-order valence-electron chi connectivity index (χ1n) is 7.70. The van der Waals surface area contributed by atoms with Crippen LogP contribution in [0.15, 0.2) is 42.6 Å². The molecule has 1 aliphatic carbocycles. The van der Waals surface area contributed by atoms with E-state index in [1.165, 1.54) is 17.9 Å². The molecule has 0 bridgehead atoms. The molecule has 3 aromatic rings. The molecule has 0 spiro atoms. The van der Waals surface area contributed by atoms with Crippen LogP contribution in [-0.2, 0) is 16.0 Å². The number of fused-ring (bicyclic) bond motifs is 5. The van der Waals surface area contributed by atoms with Crippen molar-refractivity contribution in [3.63, 3.8) is 0 Å². The van der Waals surface area contributed by atoms with Gasteiger partial charge in [0.1, 0.15) is 6.10 Å². The first-order chi connectivity index (χ1) is 10.7. The van der Waals surface area contributed by atoms with Crippen LogP contribution in [0.2, 0.25) is 0 Å². The van der Waals surface area contributed by atoms with E-state index in [9.17, 15) is 4.79 Å². The molecule has 1 atom stereocenters. The highest BCUT2D eigenvalue weighted by molar-refractivity contribution is 6.06. The Kier molecular flexibility index (Phi) is 3.07. The van der Waals surface area contributed by atoms with Crippen molar-refractivity contribution in [1.29, 1.82) is 0 Å². The summed E-state index contributed by atoms with van der Waals surface area (Å²) in [5.74, 6) is -0.219. The maximum Gasteiger partial charge on any atom is 0.303 e. The zero-order chi connectivity index (χ0) is 15.1. The highest BCUT2D eigenvalue weighted by Crippen LogP contribution is 2.38. The molecule has 3 nitrogen and oxygen atoms in total. The summed E-state index contributed by atoms with van der Waals surface area (Å²) in [5, 5.41) is 3.44. The molecule has 1 heterocycles. The Morgan fingerprint density at radius 3 is 2.91 bits per heavy atom. The summed E-state index contributed by atoms with van der Waals surface area (Å²) < 4.78 is 5.57. The fraction of sp³-hybridized carbons (Fsp3) is 0.263. The van der Waals surface area contributed by atoms with Crippen LogP contribution in [0.4, 0.5) is 0 Å². The molecule has 4 rings (SSSR count). The Hall–Kier alpha value is -2.42. The number of aromatic nitrogens is 1. The lowest BCUT2D eigenvalue weighted by Gasteiger charge is -2.26. The molecular weight excluding hydrogens is 274 g/mol. The minimum atomic E-state index is -0.219. The van der Waals surface area contributed by atoms with E-state index in [4.69, 9.17) is 9.72 Å². The molecule has 0 radical (unpaired) electrons. The summed E-state index contributed by atoms with van der Waals surface area (Å²) in [5.41, 5.74) is 3.35. The Labute approximate surface area is 128 Å². The Morgan fingerprint density at radius 1 is 1.18 bits per heavy atom. The Balaban J connectivity index is 2.01. The molecule has 1 unspecified atom stereocenters. The summed E-state index contributed by atoms with van der Waals surface area (Å²) in [6.07, 6.45) is 4.74. The average Bonchev–Trinajstić information content (AvgIpc) is 2.53. The monoisotopic (exact) mass is 291 g/mol. The van der Waals surface area contributed by atoms with Crippen LogP contribution in [-0.4, -0.2) is 11.0 Å². The van der Waals surface area contributed by atoms with Crippen molar-refractivity contribution in [3.8, 4) is 0 Å². The van der Waals surface area contributed by atoms with Crippen LogP contribution >= 0.6 is 0 Å². The number of ether oxygens (including phenoxy) is 1. The predicted molar refractivity (Wildman–Crippen MR) is 86.7 cm³/mol. The number of rotatable bonds is 1. The zero-order valence-corrected chi connectivity index (χ0v) is 12.5. The molecule has 3 heteroatoms. The van der Waals surface area contributed by atoms with Gasteiger partial charge >= 0.3 is 5.97 Å². The standard InChI is InChI=1S/C19H17NO2/c1-12(21)22-17-8-4-6-14-11-20-19-15-7-3-2-5-13(15)9-10-16(19)18(14)17/h2-3,5,7,9-11,17H,4,6,8H2,1H3. The predicted octanol–water partition coefficient (Wildman–Crippen LogP) is 4.33. The second kappa shape index (κ2) is 5.09. The molecule has 0 aliphatic heterocycles. The number of aryl methyl sites for hydroxylation is 1. The van der Waals surface area contributed by atoms with Gasteiger partial charge in [-0.1, -0.05) is 36.4 Å². The molecule has 0 saturated carbocycles. The number of nitrogens with zero attached hydrogens (tertiary/aromatic N) is 1. The van der Waals surface area contributed by atoms with Gasteiger partial charge in [-0.2, -0.15) is 0 Å². The molecular formula is C19H17NO2. The van der Waals surface area contributed by atoms with Gasteiger partial charge in [0, 0.05) is 29.5 Å². The zero-order valence-electron chi connectivity index (χ0n) is 12.5. The van der Waals surface area contributed by atoms with E-state index in [-0.39, 0.29) is 12.1 Å². The van der Waals surface area contributed by atoms with Gasteiger partial charge in [-0.25, -0.2) is 0 Å². The van der Waals surface area contributed by atoms with E-state index in [2.05, 4.69) is 24.3 Å². The maximum atomic E-state index is 11.4. The summed E-state index contributed by atoms with van der Waals surface area (Å²) in [4.78, 5) is 16.1. The first-order valence-corrected chi connectivity index (χ1v) is 7.70. The number of pyridine rings is 1. The first kappa shape index (κ1) is 13.3. The summed E-state index contributed by atoms with van der Waals surface area (Å²) in [7, 11) is 0. The van der Waals surface area contributed by atoms with E-state index < -0.39 is 0 Å². The molecule has 22 heavy (non-hydrogen) atoms. The van der Waals surface area contributed by atoms with Crippen LogP contribution in [0, 0.1) is 0 Å². The van der Waals surface area contributed by atoms with Gasteiger partial charge in [-0.15, -0.1) is 0 Å². The molecule has 0 fully saturated rings. The fourth-order valence-electron chi connectivity index (χ4n) is 3.52. The quantitative estimate of drug-likeness (QED) is 0.495. The highest BCUT2D eigenvalue weighted by atomic mass is 16.5. The Morgan fingerprint density at radius 2 is 2.05 bits per heavy atom. The van der Waals surface area contributed by atoms with Crippen LogP contribution in [0.5, 0.6) is 0 Å². The van der Waals surface area contributed by atoms with Crippen LogP contribution in [0.1, 0.15) is 37.0 Å². The second-order valence-corrected chi connectivity index (χ2v) is 5.87. The third kappa shape index (κ3) is 2.05. The third-order valence-corrected chi connectivity index (χ3v) is 4.43. The minimum absolute atomic E-state index is 0.145. The summed E-state index contributed by atoms with van der Waals surface area (Å²) >= 11 is 0. The van der Waals surface area contributed by atoms with Gasteiger partial charge in [-0.05, 0) is 30.2 Å². The number of carbonyl (C=O) groups is 1. The molecule has 2 aromatic carbocycles. The van der Waals surface area contributed by atoms with E-state index in [1.54, 1.807) is 0 Å². The molecule has 1 aromatic heterocycles. The van der Waals surface area contributed by atoms with E-state index in [1.807, 2.05) is 18.3 Å². The molecule has 1 aliphatic rings. The largest absolute Gasteiger partial charge is 0.458 e. The van der Waals surface area contributed by atoms with Gasteiger partial charge in [0.05, 0.1) is 5.52 Å². The van der Waals surface area contributed by atoms with Gasteiger partial charge in [0.25, 0.3) is 0 Å². The van der Waals surface area contributed by atoms with Crippen molar-refractivity contribution < 1.29 is 9.53 Å². The van der Waals surface area contributed by atoms with Crippen molar-refractivity contribution in [2.75, 3.05) is 0 Å². The topological polar surface area (TPSA) is 39.2 Å². The molecule has 0 amide bonds. The number of esters is 1. The van der Waals surface area contributed by atoms with Crippen LogP contribution < -0.4 is 0 Å². The lowest BCUT2D eigenvalue weighted by molar-refractivity contribution is -0.147. The number of benzene rings is 2. The summed E-state index contributed by atoms with van der Waals surface area (Å²) in [6, 6.07) is 12.5. The normalized spacial score (nSPS) is 17.4. The van der Waals surface area contributed by atoms with Crippen molar-refractivity contribution in [2.24, 2.45) is 0 Å². The van der Waals surface area contributed by atoms with Gasteiger partial charge < -0.3 is 4.74 Å². The molecule has 0 N–H and O–H groups in total. The maximum absolute atomic E-state index is 11.4. The van der Waals surface area contributed by atoms with Crippen molar-refractivity contribution >= 4 is 27.6 Å². The van der Waals surface area contributed by atoms with E-state index in [0.717, 1.165) is 41.1 Å². The number of hydrogen-bond acceptors (Lipinski definition) is 3. The lowest BCUT2D eigenvalue weighted by Crippen LogP contribution is -2.16. The molecule has 110 valence electrons.